The van der Waals surface area contributed by atoms with E-state index in [1.54, 1.807) is 0 Å². The van der Waals surface area contributed by atoms with Gasteiger partial charge in [-0.1, -0.05) is 42.4 Å². The third-order valence-electron chi connectivity index (χ3n) is 5.03. The molecule has 154 valence electrons. The summed E-state index contributed by atoms with van der Waals surface area (Å²) >= 11 is 0. The normalized spacial score (nSPS) is 16.5. The van der Waals surface area contributed by atoms with Gasteiger partial charge in [-0.05, 0) is 18.9 Å². The SMILES string of the molecule is CCC(c1ccccc1)N1CCN(C(=NC)NCCc2nc(C)no2)CC1.I. The number of benzene rings is 1. The highest BCUT2D eigenvalue weighted by Gasteiger charge is 2.25. The molecule has 2 aromatic rings. The second kappa shape index (κ2) is 11.4. The van der Waals surface area contributed by atoms with Crippen molar-refractivity contribution in [3.05, 3.63) is 47.6 Å². The lowest BCUT2D eigenvalue weighted by molar-refractivity contribution is 0.127. The zero-order valence-corrected chi connectivity index (χ0v) is 19.3. The van der Waals surface area contributed by atoms with Gasteiger partial charge in [0.2, 0.25) is 5.89 Å². The van der Waals surface area contributed by atoms with Crippen molar-refractivity contribution >= 4 is 29.9 Å². The molecule has 0 spiro atoms. The lowest BCUT2D eigenvalue weighted by atomic mass is 10.0. The molecule has 28 heavy (non-hydrogen) atoms. The number of halogens is 1. The van der Waals surface area contributed by atoms with E-state index in [1.165, 1.54) is 5.56 Å². The van der Waals surface area contributed by atoms with Crippen LogP contribution in [-0.2, 0) is 6.42 Å². The predicted octanol–water partition coefficient (Wildman–Crippen LogP) is 2.88. The molecule has 1 fully saturated rings. The summed E-state index contributed by atoms with van der Waals surface area (Å²) in [5, 5.41) is 7.24. The third-order valence-corrected chi connectivity index (χ3v) is 5.03. The Kier molecular flexibility index (Phi) is 9.17. The lowest BCUT2D eigenvalue weighted by Crippen LogP contribution is -2.53. The summed E-state index contributed by atoms with van der Waals surface area (Å²) < 4.78 is 5.16. The fourth-order valence-electron chi connectivity index (χ4n) is 3.68. The fourth-order valence-corrected chi connectivity index (χ4v) is 3.68. The zero-order valence-electron chi connectivity index (χ0n) is 17.0. The van der Waals surface area contributed by atoms with Crippen LogP contribution in [0.3, 0.4) is 0 Å². The predicted molar refractivity (Wildman–Crippen MR) is 122 cm³/mol. The number of aliphatic imine (C=N–C) groups is 1. The molecule has 2 heterocycles. The van der Waals surface area contributed by atoms with Gasteiger partial charge in [-0.15, -0.1) is 24.0 Å². The number of piperazine rings is 1. The van der Waals surface area contributed by atoms with Crippen molar-refractivity contribution in [2.75, 3.05) is 39.8 Å². The van der Waals surface area contributed by atoms with E-state index in [-0.39, 0.29) is 24.0 Å². The van der Waals surface area contributed by atoms with Crippen molar-refractivity contribution in [2.24, 2.45) is 4.99 Å². The second-order valence-electron chi connectivity index (χ2n) is 6.82. The van der Waals surface area contributed by atoms with Crippen LogP contribution in [-0.4, -0.2) is 65.7 Å². The van der Waals surface area contributed by atoms with Gasteiger partial charge >= 0.3 is 0 Å². The topological polar surface area (TPSA) is 69.8 Å². The third kappa shape index (κ3) is 5.91. The van der Waals surface area contributed by atoms with Gasteiger partial charge in [-0.2, -0.15) is 4.98 Å². The first-order valence-corrected chi connectivity index (χ1v) is 9.75. The molecule has 1 atom stereocenters. The number of nitrogens with zero attached hydrogens (tertiary/aromatic N) is 5. The molecule has 1 unspecified atom stereocenters. The van der Waals surface area contributed by atoms with Gasteiger partial charge in [-0.25, -0.2) is 0 Å². The first kappa shape index (κ1) is 22.6. The summed E-state index contributed by atoms with van der Waals surface area (Å²) in [6.45, 7) is 8.86. The van der Waals surface area contributed by atoms with Gasteiger partial charge in [0.05, 0.1) is 0 Å². The number of hydrogen-bond donors (Lipinski definition) is 1. The van der Waals surface area contributed by atoms with E-state index in [9.17, 15) is 0 Å². The maximum absolute atomic E-state index is 5.16. The van der Waals surface area contributed by atoms with E-state index in [1.807, 2.05) is 14.0 Å². The molecular formula is C20H31IN6O. The molecule has 1 aliphatic heterocycles. The minimum absolute atomic E-state index is 0. The largest absolute Gasteiger partial charge is 0.356 e. The Morgan fingerprint density at radius 3 is 2.50 bits per heavy atom. The minimum atomic E-state index is 0. The molecule has 1 aromatic heterocycles. The van der Waals surface area contributed by atoms with Gasteiger partial charge in [0.25, 0.3) is 0 Å². The Morgan fingerprint density at radius 2 is 1.93 bits per heavy atom. The molecule has 1 saturated heterocycles. The molecule has 0 saturated carbocycles. The van der Waals surface area contributed by atoms with E-state index in [2.05, 4.69) is 67.5 Å². The number of aromatic nitrogens is 2. The van der Waals surface area contributed by atoms with Crippen LogP contribution < -0.4 is 5.32 Å². The standard InChI is InChI=1S/C20H30N6O.HI/c1-4-18(17-8-6-5-7-9-17)25-12-14-26(15-13-25)20(21-3)22-11-10-19-23-16(2)24-27-19;/h5-9,18H,4,10-15H2,1-3H3,(H,21,22);1H. The molecule has 3 rings (SSSR count). The molecule has 8 heteroatoms. The van der Waals surface area contributed by atoms with Crippen LogP contribution >= 0.6 is 24.0 Å². The van der Waals surface area contributed by atoms with Crippen LogP contribution in [0, 0.1) is 6.92 Å². The zero-order chi connectivity index (χ0) is 19.1. The average molecular weight is 498 g/mol. The molecule has 1 aliphatic rings. The monoisotopic (exact) mass is 498 g/mol. The van der Waals surface area contributed by atoms with Crippen molar-refractivity contribution in [2.45, 2.75) is 32.7 Å². The molecular weight excluding hydrogens is 467 g/mol. The van der Waals surface area contributed by atoms with Crippen LogP contribution in [0.5, 0.6) is 0 Å². The van der Waals surface area contributed by atoms with Crippen LogP contribution in [0.2, 0.25) is 0 Å². The van der Waals surface area contributed by atoms with Crippen molar-refractivity contribution in [1.82, 2.24) is 25.3 Å². The smallest absolute Gasteiger partial charge is 0.228 e. The lowest BCUT2D eigenvalue weighted by Gasteiger charge is -2.40. The molecule has 0 aliphatic carbocycles. The van der Waals surface area contributed by atoms with Gasteiger partial charge < -0.3 is 14.7 Å². The summed E-state index contributed by atoms with van der Waals surface area (Å²) in [7, 11) is 1.84. The molecule has 0 radical (unpaired) electrons. The Balaban J connectivity index is 0.00000280. The molecule has 1 N–H and O–H groups in total. The summed E-state index contributed by atoms with van der Waals surface area (Å²) in [6.07, 6.45) is 1.83. The molecule has 1 aromatic carbocycles. The summed E-state index contributed by atoms with van der Waals surface area (Å²) in [5.41, 5.74) is 1.41. The highest BCUT2D eigenvalue weighted by atomic mass is 127. The Morgan fingerprint density at radius 1 is 1.21 bits per heavy atom. The maximum Gasteiger partial charge on any atom is 0.228 e. The number of aryl methyl sites for hydroxylation is 1. The van der Waals surface area contributed by atoms with Crippen LogP contribution in [0.15, 0.2) is 39.8 Å². The van der Waals surface area contributed by atoms with Crippen molar-refractivity contribution in [1.29, 1.82) is 0 Å². The number of hydrogen-bond acceptors (Lipinski definition) is 5. The Bertz CT molecular complexity index is 727. The van der Waals surface area contributed by atoms with Gasteiger partial charge in [0.1, 0.15) is 0 Å². The first-order chi connectivity index (χ1) is 13.2. The summed E-state index contributed by atoms with van der Waals surface area (Å²) in [5.74, 6) is 2.28. The highest BCUT2D eigenvalue weighted by molar-refractivity contribution is 14.0. The Hall–Kier alpha value is -1.68. The average Bonchev–Trinajstić information content (AvgIpc) is 3.12. The van der Waals surface area contributed by atoms with Crippen molar-refractivity contribution in [3.8, 4) is 0 Å². The molecule has 0 bridgehead atoms. The van der Waals surface area contributed by atoms with E-state index < -0.39 is 0 Å². The van der Waals surface area contributed by atoms with Crippen LogP contribution in [0.25, 0.3) is 0 Å². The number of nitrogens with one attached hydrogen (secondary N) is 1. The first-order valence-electron chi connectivity index (χ1n) is 9.75. The van der Waals surface area contributed by atoms with Gasteiger partial charge in [-0.3, -0.25) is 9.89 Å². The van der Waals surface area contributed by atoms with E-state index in [4.69, 9.17) is 4.52 Å². The molecule has 0 amide bonds. The van der Waals surface area contributed by atoms with E-state index in [0.717, 1.165) is 45.1 Å². The van der Waals surface area contributed by atoms with E-state index in [0.29, 0.717) is 24.2 Å². The quantitative estimate of drug-likeness (QED) is 0.376. The number of rotatable bonds is 6. The van der Waals surface area contributed by atoms with E-state index >= 15 is 0 Å². The van der Waals surface area contributed by atoms with Crippen LogP contribution in [0.4, 0.5) is 0 Å². The summed E-state index contributed by atoms with van der Waals surface area (Å²) in [4.78, 5) is 13.6. The minimum Gasteiger partial charge on any atom is -0.356 e. The Labute approximate surface area is 184 Å². The molecule has 7 nitrogen and oxygen atoms in total. The van der Waals surface area contributed by atoms with Gasteiger partial charge in [0.15, 0.2) is 11.8 Å². The summed E-state index contributed by atoms with van der Waals surface area (Å²) in [6, 6.07) is 11.3. The van der Waals surface area contributed by atoms with Crippen LogP contribution in [0.1, 0.15) is 36.7 Å². The second-order valence-corrected chi connectivity index (χ2v) is 6.82. The number of guanidine groups is 1. The maximum atomic E-state index is 5.16. The highest BCUT2D eigenvalue weighted by Crippen LogP contribution is 2.25. The van der Waals surface area contributed by atoms with Crippen molar-refractivity contribution < 1.29 is 4.52 Å². The van der Waals surface area contributed by atoms with Gasteiger partial charge in [0, 0.05) is 52.2 Å². The fraction of sp³-hybridized carbons (Fsp3) is 0.550. The van der Waals surface area contributed by atoms with Crippen molar-refractivity contribution in [3.63, 3.8) is 0 Å².